The van der Waals surface area contributed by atoms with Crippen molar-refractivity contribution in [1.29, 1.82) is 0 Å². The van der Waals surface area contributed by atoms with Crippen LogP contribution in [0.25, 0.3) is 11.6 Å². The third kappa shape index (κ3) is 4.80. The fraction of sp³-hybridized carbons (Fsp3) is 0.240. The minimum atomic E-state index is -0.130. The van der Waals surface area contributed by atoms with Gasteiger partial charge in [0.2, 0.25) is 0 Å². The van der Waals surface area contributed by atoms with E-state index in [9.17, 15) is 4.79 Å². The van der Waals surface area contributed by atoms with Gasteiger partial charge in [0.05, 0.1) is 17.9 Å². The van der Waals surface area contributed by atoms with Gasteiger partial charge in [-0.3, -0.25) is 4.79 Å². The Morgan fingerprint density at radius 3 is 2.21 bits per heavy atom. The van der Waals surface area contributed by atoms with Gasteiger partial charge in [0.1, 0.15) is 5.76 Å². The number of benzene rings is 2. The molecule has 0 aliphatic heterocycles. The molecule has 3 heteroatoms. The first-order chi connectivity index (χ1) is 13.3. The van der Waals surface area contributed by atoms with Crippen molar-refractivity contribution in [3.8, 4) is 0 Å². The first-order valence-electron chi connectivity index (χ1n) is 9.56. The van der Waals surface area contributed by atoms with E-state index in [2.05, 4.69) is 50.4 Å². The van der Waals surface area contributed by atoms with Crippen LogP contribution < -0.4 is 5.32 Å². The van der Waals surface area contributed by atoms with Crippen molar-refractivity contribution in [2.75, 3.05) is 0 Å². The van der Waals surface area contributed by atoms with Gasteiger partial charge in [-0.2, -0.15) is 0 Å². The fourth-order valence-corrected chi connectivity index (χ4v) is 3.04. The molecule has 1 N–H and O–H groups in total. The van der Waals surface area contributed by atoms with Gasteiger partial charge in [-0.25, -0.2) is 0 Å². The van der Waals surface area contributed by atoms with Crippen LogP contribution in [0.4, 0.5) is 0 Å². The van der Waals surface area contributed by atoms with Crippen molar-refractivity contribution < 1.29 is 9.21 Å². The first kappa shape index (κ1) is 19.7. The van der Waals surface area contributed by atoms with Crippen molar-refractivity contribution in [2.45, 2.75) is 39.2 Å². The molecular formula is C25H27NO2. The van der Waals surface area contributed by atoms with Crippen LogP contribution >= 0.6 is 0 Å². The molecule has 144 valence electrons. The molecular weight excluding hydrogens is 346 g/mol. The van der Waals surface area contributed by atoms with Crippen LogP contribution in [0.5, 0.6) is 0 Å². The van der Waals surface area contributed by atoms with E-state index in [1.165, 1.54) is 5.56 Å². The number of carbonyl (C=O) groups is 1. The highest BCUT2D eigenvalue weighted by molar-refractivity contribution is 6.24. The Morgan fingerprint density at radius 1 is 0.964 bits per heavy atom. The Morgan fingerprint density at radius 2 is 1.64 bits per heavy atom. The average Bonchev–Trinajstić information content (AvgIpc) is 3.19. The summed E-state index contributed by atoms with van der Waals surface area (Å²) in [6, 6.07) is 21.6. The lowest BCUT2D eigenvalue weighted by atomic mass is 9.86. The zero-order valence-corrected chi connectivity index (χ0v) is 16.9. The van der Waals surface area contributed by atoms with Crippen LogP contribution in [0.3, 0.4) is 0 Å². The van der Waals surface area contributed by atoms with E-state index in [0.29, 0.717) is 11.3 Å². The second-order valence-corrected chi connectivity index (χ2v) is 8.01. The smallest absolute Gasteiger partial charge is 0.252 e. The van der Waals surface area contributed by atoms with Gasteiger partial charge in [0.25, 0.3) is 5.91 Å². The molecule has 1 amide bonds. The average molecular weight is 373 g/mol. The molecule has 1 aromatic heterocycles. The molecule has 1 atom stereocenters. The monoisotopic (exact) mass is 373 g/mol. The summed E-state index contributed by atoms with van der Waals surface area (Å²) < 4.78 is 5.41. The summed E-state index contributed by atoms with van der Waals surface area (Å²) in [6.07, 6.45) is 3.38. The normalized spacial score (nSPS) is 13.2. The topological polar surface area (TPSA) is 42.2 Å². The molecule has 0 aliphatic carbocycles. The molecule has 1 heterocycles. The van der Waals surface area contributed by atoms with E-state index in [0.717, 1.165) is 11.1 Å². The predicted molar refractivity (Wildman–Crippen MR) is 115 cm³/mol. The van der Waals surface area contributed by atoms with E-state index in [1.807, 2.05) is 49.4 Å². The van der Waals surface area contributed by atoms with Crippen LogP contribution in [0.1, 0.15) is 56.2 Å². The summed E-state index contributed by atoms with van der Waals surface area (Å²) in [5.74, 6) is 0.520. The molecule has 0 aliphatic rings. The minimum absolute atomic E-state index is 0.106. The molecule has 3 aromatic rings. The number of furan rings is 1. The quantitative estimate of drug-likeness (QED) is 0.558. The van der Waals surface area contributed by atoms with Crippen LogP contribution in [-0.4, -0.2) is 5.91 Å². The molecule has 2 aromatic carbocycles. The molecule has 28 heavy (non-hydrogen) atoms. The van der Waals surface area contributed by atoms with Crippen molar-refractivity contribution in [1.82, 2.24) is 5.32 Å². The number of amides is 1. The van der Waals surface area contributed by atoms with Gasteiger partial charge in [-0.15, -0.1) is 0 Å². The van der Waals surface area contributed by atoms with Gasteiger partial charge in [0, 0.05) is 0 Å². The second kappa shape index (κ2) is 8.30. The van der Waals surface area contributed by atoms with E-state index >= 15 is 0 Å². The zero-order valence-electron chi connectivity index (χ0n) is 16.9. The Balaban J connectivity index is 1.82. The summed E-state index contributed by atoms with van der Waals surface area (Å²) in [5.41, 5.74) is 3.89. The summed E-state index contributed by atoms with van der Waals surface area (Å²) in [6.45, 7) is 8.58. The number of hydrogen-bond donors (Lipinski definition) is 1. The van der Waals surface area contributed by atoms with Crippen LogP contribution in [0, 0.1) is 0 Å². The van der Waals surface area contributed by atoms with Gasteiger partial charge < -0.3 is 9.73 Å². The highest BCUT2D eigenvalue weighted by atomic mass is 16.3. The zero-order chi connectivity index (χ0) is 20.1. The molecule has 0 fully saturated rings. The molecule has 0 saturated heterocycles. The highest BCUT2D eigenvalue weighted by Crippen LogP contribution is 2.25. The number of carbonyl (C=O) groups excluding carboxylic acids is 1. The van der Waals surface area contributed by atoms with Crippen molar-refractivity contribution in [2.24, 2.45) is 0 Å². The Kier molecular flexibility index (Phi) is 5.84. The van der Waals surface area contributed by atoms with E-state index in [4.69, 9.17) is 4.42 Å². The van der Waals surface area contributed by atoms with Crippen molar-refractivity contribution in [3.05, 3.63) is 95.4 Å². The van der Waals surface area contributed by atoms with Gasteiger partial charge in [0.15, 0.2) is 0 Å². The van der Waals surface area contributed by atoms with Gasteiger partial charge in [-0.1, -0.05) is 75.4 Å². The van der Waals surface area contributed by atoms with Crippen LogP contribution in [-0.2, 0) is 10.2 Å². The van der Waals surface area contributed by atoms with Crippen molar-refractivity contribution >= 4 is 17.6 Å². The molecule has 0 radical (unpaired) electrons. The molecule has 3 nitrogen and oxygen atoms in total. The standard InChI is InChI=1S/C25H27NO2/c1-18(19-12-14-21(15-13-19)25(2,3)4)26-24(27)23(17-22-11-8-16-28-22)20-9-6-5-7-10-20/h5-18H,1-4H3,(H,26,27)/b23-17+. The largest absolute Gasteiger partial charge is 0.465 e. The van der Waals surface area contributed by atoms with Gasteiger partial charge in [-0.05, 0) is 47.2 Å². The lowest BCUT2D eigenvalue weighted by molar-refractivity contribution is -0.116. The van der Waals surface area contributed by atoms with Crippen molar-refractivity contribution in [3.63, 3.8) is 0 Å². The van der Waals surface area contributed by atoms with E-state index in [-0.39, 0.29) is 17.4 Å². The van der Waals surface area contributed by atoms with Gasteiger partial charge >= 0.3 is 0 Å². The maximum atomic E-state index is 13.1. The highest BCUT2D eigenvalue weighted by Gasteiger charge is 2.18. The minimum Gasteiger partial charge on any atom is -0.465 e. The van der Waals surface area contributed by atoms with Crippen LogP contribution in [0.2, 0.25) is 0 Å². The lowest BCUT2D eigenvalue weighted by Crippen LogP contribution is -2.27. The molecule has 1 unspecified atom stereocenters. The fourth-order valence-electron chi connectivity index (χ4n) is 3.04. The first-order valence-corrected chi connectivity index (χ1v) is 9.56. The predicted octanol–water partition coefficient (Wildman–Crippen LogP) is 6.00. The third-order valence-electron chi connectivity index (χ3n) is 4.78. The lowest BCUT2D eigenvalue weighted by Gasteiger charge is -2.21. The maximum Gasteiger partial charge on any atom is 0.252 e. The number of nitrogens with one attached hydrogen (secondary N) is 1. The Bertz CT molecular complexity index is 930. The maximum absolute atomic E-state index is 13.1. The van der Waals surface area contributed by atoms with E-state index in [1.54, 1.807) is 12.3 Å². The molecule has 0 saturated carbocycles. The number of rotatable bonds is 5. The summed E-state index contributed by atoms with van der Waals surface area (Å²) in [4.78, 5) is 13.1. The number of hydrogen-bond acceptors (Lipinski definition) is 2. The summed E-state index contributed by atoms with van der Waals surface area (Å²) in [5, 5.41) is 3.12. The summed E-state index contributed by atoms with van der Waals surface area (Å²) >= 11 is 0. The third-order valence-corrected chi connectivity index (χ3v) is 4.78. The van der Waals surface area contributed by atoms with E-state index < -0.39 is 0 Å². The molecule has 0 bridgehead atoms. The SMILES string of the molecule is CC(NC(=O)/C(=C/c1ccco1)c1ccccc1)c1ccc(C(C)(C)C)cc1. The molecule has 3 rings (SSSR count). The Hall–Kier alpha value is -3.07. The summed E-state index contributed by atoms with van der Waals surface area (Å²) in [7, 11) is 0. The Labute approximate surface area is 167 Å². The molecule has 0 spiro atoms. The van der Waals surface area contributed by atoms with Crippen LogP contribution in [0.15, 0.2) is 77.4 Å². The second-order valence-electron chi connectivity index (χ2n) is 8.01.